The summed E-state index contributed by atoms with van der Waals surface area (Å²) in [6.07, 6.45) is 2.58. The van der Waals surface area contributed by atoms with Gasteiger partial charge in [-0.05, 0) is 54.5 Å². The van der Waals surface area contributed by atoms with Crippen LogP contribution in [-0.4, -0.2) is 42.5 Å². The van der Waals surface area contributed by atoms with Gasteiger partial charge in [-0.3, -0.25) is 4.79 Å². The van der Waals surface area contributed by atoms with Crippen molar-refractivity contribution in [3.8, 4) is 0 Å². The highest BCUT2D eigenvalue weighted by atomic mass is 79.9. The van der Waals surface area contributed by atoms with Crippen molar-refractivity contribution in [1.82, 2.24) is 15.2 Å². The zero-order valence-corrected chi connectivity index (χ0v) is 13.6. The standard InChI is InChI=1S/C14H22BrN3O/c1-10(2)8-11(9-18(3)4)17-14(19)13-12(15)6-5-7-16-13/h5-7,10-11H,8-9H2,1-4H3,(H,17,19). The Morgan fingerprint density at radius 2 is 2.16 bits per heavy atom. The molecular weight excluding hydrogens is 306 g/mol. The first-order valence-electron chi connectivity index (χ1n) is 6.46. The van der Waals surface area contributed by atoms with Gasteiger partial charge in [0, 0.05) is 23.3 Å². The summed E-state index contributed by atoms with van der Waals surface area (Å²) < 4.78 is 0.723. The molecule has 1 unspecified atom stereocenters. The minimum absolute atomic E-state index is 0.125. The van der Waals surface area contributed by atoms with Crippen LogP contribution in [0.25, 0.3) is 0 Å². The van der Waals surface area contributed by atoms with Crippen LogP contribution in [0.2, 0.25) is 0 Å². The number of aromatic nitrogens is 1. The summed E-state index contributed by atoms with van der Waals surface area (Å²) in [6.45, 7) is 5.14. The largest absolute Gasteiger partial charge is 0.347 e. The van der Waals surface area contributed by atoms with E-state index in [1.807, 2.05) is 20.2 Å². The summed E-state index contributed by atoms with van der Waals surface area (Å²) in [7, 11) is 4.02. The molecule has 0 saturated carbocycles. The number of amides is 1. The lowest BCUT2D eigenvalue weighted by molar-refractivity contribution is 0.0918. The molecule has 1 heterocycles. The molecule has 0 spiro atoms. The van der Waals surface area contributed by atoms with Gasteiger partial charge in [0.05, 0.1) is 0 Å². The molecule has 19 heavy (non-hydrogen) atoms. The predicted molar refractivity (Wildman–Crippen MR) is 81.2 cm³/mol. The van der Waals surface area contributed by atoms with Crippen molar-refractivity contribution < 1.29 is 4.79 Å². The Morgan fingerprint density at radius 1 is 1.47 bits per heavy atom. The fraction of sp³-hybridized carbons (Fsp3) is 0.571. The molecule has 0 radical (unpaired) electrons. The van der Waals surface area contributed by atoms with Gasteiger partial charge in [0.2, 0.25) is 0 Å². The van der Waals surface area contributed by atoms with E-state index in [1.165, 1.54) is 0 Å². The Morgan fingerprint density at radius 3 is 2.68 bits per heavy atom. The molecular formula is C14H22BrN3O. The van der Waals surface area contributed by atoms with Crippen LogP contribution >= 0.6 is 15.9 Å². The van der Waals surface area contributed by atoms with Gasteiger partial charge in [0.1, 0.15) is 5.69 Å². The minimum Gasteiger partial charge on any atom is -0.347 e. The van der Waals surface area contributed by atoms with Crippen LogP contribution in [0.4, 0.5) is 0 Å². The number of carbonyl (C=O) groups excluding carboxylic acids is 1. The summed E-state index contributed by atoms with van der Waals surface area (Å²) in [5.74, 6) is 0.414. The number of halogens is 1. The first-order valence-corrected chi connectivity index (χ1v) is 7.25. The van der Waals surface area contributed by atoms with Crippen molar-refractivity contribution in [3.05, 3.63) is 28.5 Å². The molecule has 1 aromatic rings. The van der Waals surface area contributed by atoms with E-state index in [9.17, 15) is 4.79 Å². The second-order valence-electron chi connectivity index (χ2n) is 5.40. The summed E-state index contributed by atoms with van der Waals surface area (Å²) in [4.78, 5) is 18.4. The number of pyridine rings is 1. The smallest absolute Gasteiger partial charge is 0.271 e. The van der Waals surface area contributed by atoms with Crippen molar-refractivity contribution in [3.63, 3.8) is 0 Å². The third-order valence-electron chi connectivity index (χ3n) is 2.65. The average molecular weight is 328 g/mol. The van der Waals surface area contributed by atoms with Crippen molar-refractivity contribution in [2.75, 3.05) is 20.6 Å². The van der Waals surface area contributed by atoms with Crippen molar-refractivity contribution >= 4 is 21.8 Å². The summed E-state index contributed by atoms with van der Waals surface area (Å²) in [5.41, 5.74) is 0.440. The maximum absolute atomic E-state index is 12.2. The molecule has 1 rings (SSSR count). The molecule has 0 aliphatic rings. The fourth-order valence-corrected chi connectivity index (χ4v) is 2.43. The van der Waals surface area contributed by atoms with Crippen molar-refractivity contribution in [2.45, 2.75) is 26.3 Å². The summed E-state index contributed by atoms with van der Waals surface area (Å²) >= 11 is 3.35. The number of nitrogens with one attached hydrogen (secondary N) is 1. The highest BCUT2D eigenvalue weighted by Crippen LogP contribution is 2.14. The van der Waals surface area contributed by atoms with Crippen LogP contribution in [0.3, 0.4) is 0 Å². The van der Waals surface area contributed by atoms with Crippen molar-refractivity contribution in [1.29, 1.82) is 0 Å². The Bertz CT molecular complexity index is 411. The van der Waals surface area contributed by atoms with E-state index in [4.69, 9.17) is 0 Å². The number of carbonyl (C=O) groups is 1. The molecule has 0 fully saturated rings. The van der Waals surface area contributed by atoms with Gasteiger partial charge in [-0.2, -0.15) is 0 Å². The maximum atomic E-state index is 12.2. The van der Waals surface area contributed by atoms with E-state index in [-0.39, 0.29) is 11.9 Å². The van der Waals surface area contributed by atoms with E-state index in [2.05, 4.69) is 45.0 Å². The zero-order chi connectivity index (χ0) is 14.4. The fourth-order valence-electron chi connectivity index (χ4n) is 2.00. The molecule has 0 aliphatic carbocycles. The third kappa shape index (κ3) is 5.70. The molecule has 4 nitrogen and oxygen atoms in total. The van der Waals surface area contributed by atoms with E-state index in [0.717, 1.165) is 17.4 Å². The second-order valence-corrected chi connectivity index (χ2v) is 6.25. The maximum Gasteiger partial charge on any atom is 0.271 e. The molecule has 5 heteroatoms. The van der Waals surface area contributed by atoms with Gasteiger partial charge >= 0.3 is 0 Å². The number of nitrogens with zero attached hydrogens (tertiary/aromatic N) is 2. The highest BCUT2D eigenvalue weighted by Gasteiger charge is 2.18. The van der Waals surface area contributed by atoms with E-state index in [0.29, 0.717) is 11.6 Å². The monoisotopic (exact) mass is 327 g/mol. The zero-order valence-electron chi connectivity index (χ0n) is 12.0. The lowest BCUT2D eigenvalue weighted by Gasteiger charge is -2.24. The molecule has 106 valence electrons. The van der Waals surface area contributed by atoms with Crippen LogP contribution in [0.1, 0.15) is 30.8 Å². The van der Waals surface area contributed by atoms with Crippen LogP contribution < -0.4 is 5.32 Å². The lowest BCUT2D eigenvalue weighted by atomic mass is 10.0. The number of rotatable bonds is 6. The number of hydrogen-bond acceptors (Lipinski definition) is 3. The van der Waals surface area contributed by atoms with Gasteiger partial charge < -0.3 is 10.2 Å². The molecule has 1 aromatic heterocycles. The second kappa shape index (κ2) is 7.60. The molecule has 0 bridgehead atoms. The molecule has 1 N–H and O–H groups in total. The Balaban J connectivity index is 2.73. The summed E-state index contributed by atoms with van der Waals surface area (Å²) in [6, 6.07) is 3.76. The molecule has 1 amide bonds. The number of likely N-dealkylation sites (N-methyl/N-ethyl adjacent to an activating group) is 1. The van der Waals surface area contributed by atoms with Crippen LogP contribution in [-0.2, 0) is 0 Å². The van der Waals surface area contributed by atoms with E-state index >= 15 is 0 Å². The van der Waals surface area contributed by atoms with Gasteiger partial charge in [-0.25, -0.2) is 4.98 Å². The number of hydrogen-bond donors (Lipinski definition) is 1. The first-order chi connectivity index (χ1) is 8.90. The first kappa shape index (κ1) is 16.1. The Labute approximate surface area is 123 Å². The molecule has 1 atom stereocenters. The lowest BCUT2D eigenvalue weighted by Crippen LogP contribution is -2.42. The predicted octanol–water partition coefficient (Wildman–Crippen LogP) is 2.55. The van der Waals surface area contributed by atoms with E-state index in [1.54, 1.807) is 12.3 Å². The van der Waals surface area contributed by atoms with Gasteiger partial charge in [0.15, 0.2) is 0 Å². The van der Waals surface area contributed by atoms with Crippen LogP contribution in [0, 0.1) is 5.92 Å². The topological polar surface area (TPSA) is 45.2 Å². The average Bonchev–Trinajstić information content (AvgIpc) is 2.27. The molecule has 0 aliphatic heterocycles. The molecule has 0 saturated heterocycles. The van der Waals surface area contributed by atoms with Gasteiger partial charge in [-0.15, -0.1) is 0 Å². The van der Waals surface area contributed by atoms with Crippen LogP contribution in [0.5, 0.6) is 0 Å². The highest BCUT2D eigenvalue weighted by molar-refractivity contribution is 9.10. The van der Waals surface area contributed by atoms with Gasteiger partial charge in [-0.1, -0.05) is 13.8 Å². The van der Waals surface area contributed by atoms with Crippen LogP contribution in [0.15, 0.2) is 22.8 Å². The summed E-state index contributed by atoms with van der Waals surface area (Å²) in [5, 5.41) is 3.06. The third-order valence-corrected chi connectivity index (χ3v) is 3.29. The van der Waals surface area contributed by atoms with Crippen molar-refractivity contribution in [2.24, 2.45) is 5.92 Å². The quantitative estimate of drug-likeness (QED) is 0.873. The Kier molecular flexibility index (Phi) is 6.45. The Hall–Kier alpha value is -0.940. The van der Waals surface area contributed by atoms with E-state index < -0.39 is 0 Å². The minimum atomic E-state index is -0.125. The molecule has 0 aromatic carbocycles. The SMILES string of the molecule is CC(C)CC(CN(C)C)NC(=O)c1ncccc1Br. The normalized spacial score (nSPS) is 12.8. The van der Waals surface area contributed by atoms with Gasteiger partial charge in [0.25, 0.3) is 5.91 Å².